The molecule has 20 aliphatic rings. The van der Waals surface area contributed by atoms with Gasteiger partial charge in [0.1, 0.15) is 29.1 Å². The third-order valence-electron chi connectivity index (χ3n) is 44.1. The Morgan fingerprint density at radius 3 is 0.728 bits per heavy atom. The van der Waals surface area contributed by atoms with Gasteiger partial charge >= 0.3 is 35.7 Å². The van der Waals surface area contributed by atoms with Crippen molar-refractivity contribution in [3.8, 4) is 0 Å². The van der Waals surface area contributed by atoms with Gasteiger partial charge in [0.25, 0.3) is 0 Å². The summed E-state index contributed by atoms with van der Waals surface area (Å²) in [5.74, 6) is 21.4. The number of alkyl halides is 5. The number of aliphatic carboxylic acids is 1. The fourth-order valence-corrected chi connectivity index (χ4v) is 39.6. The Labute approximate surface area is 791 Å². The normalized spacial score (nSPS) is 52.3. The van der Waals surface area contributed by atoms with E-state index < -0.39 is 40.2 Å². The van der Waals surface area contributed by atoms with Gasteiger partial charge < -0.3 is 40.5 Å². The molecule has 20 saturated carbocycles. The van der Waals surface area contributed by atoms with E-state index in [2.05, 4.69) is 73.4 Å². The molecule has 20 rings (SSSR count). The molecule has 20 fully saturated rings. The first-order valence-corrected chi connectivity index (χ1v) is 54.1. The fraction of sp³-hybridized carbons (Fsp3) is 0.953. The van der Waals surface area contributed by atoms with Crippen molar-refractivity contribution in [1.29, 1.82) is 0 Å². The average Bonchev–Trinajstić information content (AvgIpc) is 1.62. The summed E-state index contributed by atoms with van der Waals surface area (Å²) < 4.78 is 31.5. The first-order chi connectivity index (χ1) is 58.1. The van der Waals surface area contributed by atoms with Crippen LogP contribution in [-0.4, -0.2) is 111 Å². The standard InChI is InChI=1S/2C21H33BrO2.C21H36O2.2C21H34O2.C2HF3O2.Na/c2*1-20(24)9-7-14-13(11-20)3-4-16-15(14)8-10-21(2)17(16)5-6-18(21)19(23)12-22;3*1-13(22)18-6-7-19-17-5-4-14-12-20(2,23)10-8-15(14)16(17)9-11-21(18,19)3;3-2(4,5)1(6)7;/h2*13-18,24H,3-12H2,1-2H3;13-19,22-23H,4-12H2,1-3H3;2*14-19,23H,4-12H2,1-3H3;(H,6,7);/q;;;;;;+1/p-1/t13-,14-,15+,16+,17-,18+,20+,21-;13-,14-,15+,16+,17-,18+,20-,21-;13?,14-,15-,16+,17+,18+,19-,20+,21+;14-,15-,16+,17+,18+,19-,20+,21+;14-,15-,16+,17+,18+,19-,20-,21+;;/m00000../s1. The number of hydrogen-bond donors (Lipinski definition) is 6. The van der Waals surface area contributed by atoms with Gasteiger partial charge in [-0.3, -0.25) is 19.2 Å². The summed E-state index contributed by atoms with van der Waals surface area (Å²) in [6, 6.07) is 0. The first kappa shape index (κ1) is 101. The number of Topliss-reactive ketones (excluding diaryl/α,β-unsaturated/α-hetero) is 4. The number of carboxylic acids is 1. The number of rotatable bonds is 7. The van der Waals surface area contributed by atoms with Gasteiger partial charge in [-0.05, 0) is 525 Å². The van der Waals surface area contributed by atoms with Crippen molar-refractivity contribution in [2.75, 3.05) is 10.7 Å². The second-order valence-corrected chi connectivity index (χ2v) is 51.9. The topological polar surface area (TPSA) is 230 Å². The Bertz CT molecular complexity index is 3590. The maximum Gasteiger partial charge on any atom is 1.00 e. The molecule has 1 unspecified atom stereocenters. The number of aliphatic hydroxyl groups is 6. The second kappa shape index (κ2) is 38.2. The minimum atomic E-state index is -5.19. The van der Waals surface area contributed by atoms with Crippen LogP contribution in [0.5, 0.6) is 0 Å². The molecule has 0 aromatic carbocycles. The van der Waals surface area contributed by atoms with Gasteiger partial charge in [0.05, 0.1) is 44.8 Å². The molecule has 0 bridgehead atoms. The summed E-state index contributed by atoms with van der Waals surface area (Å²) in [4.78, 5) is 58.0. The van der Waals surface area contributed by atoms with E-state index in [0.29, 0.717) is 79.6 Å². The van der Waals surface area contributed by atoms with E-state index in [-0.39, 0.29) is 46.5 Å². The summed E-state index contributed by atoms with van der Waals surface area (Å²) in [5, 5.41) is 72.5. The van der Waals surface area contributed by atoms with Crippen LogP contribution < -0.4 is 34.7 Å². The Balaban J connectivity index is 0.000000124. The van der Waals surface area contributed by atoms with E-state index in [4.69, 9.17) is 9.90 Å². The number of hydrogen-bond acceptors (Lipinski definition) is 12. The molecule has 0 aromatic rings. The Morgan fingerprint density at radius 2 is 0.512 bits per heavy atom. The van der Waals surface area contributed by atoms with E-state index in [0.717, 1.165) is 238 Å². The molecule has 0 amide bonds. The van der Waals surface area contributed by atoms with E-state index in [1.807, 2.05) is 48.5 Å². The van der Waals surface area contributed by atoms with Gasteiger partial charge in [0, 0.05) is 23.7 Å². The number of fused-ring (bicyclic) bond motifs is 25. The summed E-state index contributed by atoms with van der Waals surface area (Å²) in [6.45, 7) is 28.1. The van der Waals surface area contributed by atoms with Crippen molar-refractivity contribution >= 4 is 61.0 Å². The third-order valence-corrected chi connectivity index (χ3v) is 45.2. The molecule has 0 aromatic heterocycles. The number of aliphatic hydroxyl groups excluding tert-OH is 1. The Hall–Kier alpha value is -0.340. The molecular weight excluding hydrogens is 1720 g/mol. The molecule has 0 heterocycles. The zero-order valence-electron chi connectivity index (χ0n) is 80.2. The third kappa shape index (κ3) is 19.7. The first-order valence-electron chi connectivity index (χ1n) is 51.9. The van der Waals surface area contributed by atoms with Gasteiger partial charge in [-0.15, -0.1) is 0 Å². The Morgan fingerprint density at radius 1 is 0.312 bits per heavy atom. The molecule has 0 spiro atoms. The summed E-state index contributed by atoms with van der Waals surface area (Å²) in [7, 11) is 0. The van der Waals surface area contributed by atoms with E-state index >= 15 is 0 Å². The van der Waals surface area contributed by atoms with Crippen LogP contribution in [0.3, 0.4) is 0 Å². The zero-order valence-corrected chi connectivity index (χ0v) is 85.3. The van der Waals surface area contributed by atoms with Gasteiger partial charge in [-0.2, -0.15) is 13.2 Å². The molecule has 18 heteroatoms. The van der Waals surface area contributed by atoms with Crippen LogP contribution in [-0.2, 0) is 24.0 Å². The molecule has 0 saturated heterocycles. The van der Waals surface area contributed by atoms with Crippen LogP contribution in [0.2, 0.25) is 0 Å². The minimum Gasteiger partial charge on any atom is -0.542 e. The minimum absolute atomic E-state index is 0. The molecule has 6 N–H and O–H groups in total. The van der Waals surface area contributed by atoms with Crippen molar-refractivity contribution in [1.82, 2.24) is 0 Å². The molecule has 0 aliphatic heterocycles. The van der Waals surface area contributed by atoms with E-state index in [9.17, 15) is 63.0 Å². The monoisotopic (exact) mass is 1890 g/mol. The van der Waals surface area contributed by atoms with Crippen LogP contribution in [0.15, 0.2) is 0 Å². The molecular formula is C107H170Br2F3NaO12. The predicted octanol–water partition coefficient (Wildman–Crippen LogP) is 19.8. The summed E-state index contributed by atoms with van der Waals surface area (Å²) in [6.07, 6.45) is 49.7. The summed E-state index contributed by atoms with van der Waals surface area (Å²) in [5.41, 5.74) is -0.563. The van der Waals surface area contributed by atoms with Crippen molar-refractivity contribution < 1.29 is 102 Å². The van der Waals surface area contributed by atoms with Crippen LogP contribution in [0, 0.1) is 205 Å². The predicted molar refractivity (Wildman–Crippen MR) is 488 cm³/mol. The smallest absolute Gasteiger partial charge is 0.542 e. The molecule has 41 atom stereocenters. The van der Waals surface area contributed by atoms with Crippen molar-refractivity contribution in [2.24, 2.45) is 205 Å². The number of carboxylic acid groups (broad SMARTS) is 1. The van der Waals surface area contributed by atoms with Crippen molar-refractivity contribution in [2.45, 2.75) is 419 Å². The summed E-state index contributed by atoms with van der Waals surface area (Å²) >= 11 is 6.83. The number of carbonyl (C=O) groups excluding carboxylic acids is 5. The zero-order chi connectivity index (χ0) is 89.5. The number of halogens is 5. The van der Waals surface area contributed by atoms with Crippen LogP contribution >= 0.6 is 31.9 Å². The maximum absolute atomic E-state index is 12.5. The molecule has 706 valence electrons. The van der Waals surface area contributed by atoms with Crippen LogP contribution in [0.25, 0.3) is 0 Å². The molecule has 125 heavy (non-hydrogen) atoms. The van der Waals surface area contributed by atoms with Gasteiger partial charge in [0.15, 0.2) is 0 Å². The molecule has 0 radical (unpaired) electrons. The van der Waals surface area contributed by atoms with Gasteiger partial charge in [-0.25, -0.2) is 0 Å². The quantitative estimate of drug-likeness (QED) is 0.103. The largest absolute Gasteiger partial charge is 1.00 e. The van der Waals surface area contributed by atoms with E-state index in [1.165, 1.54) is 199 Å². The van der Waals surface area contributed by atoms with Crippen molar-refractivity contribution in [3.05, 3.63) is 0 Å². The fourth-order valence-electron chi connectivity index (χ4n) is 38.8. The van der Waals surface area contributed by atoms with E-state index in [1.54, 1.807) is 0 Å². The van der Waals surface area contributed by atoms with Crippen molar-refractivity contribution in [3.63, 3.8) is 0 Å². The SMILES string of the molecule is CC(=O)[C@H]1CC[C@H]2[C@@H]3CC[C@H]4C[C@@](C)(O)CC[C@@H]4[C@H]3CC[C@]12C.CC(=O)[C@H]1CC[C@H]2[C@@H]3CC[C@H]4C[C@](C)(O)CC[C@@H]4[C@H]3CC[C@]12C.CC(O)[C@H]1CC[C@H]2[C@@H]3CC[C@H]4C[C@](C)(O)CC[C@@H]4[C@H]3CC[C@]12C.C[C@@]1(O)CC[C@H]2[C@@H](CC[C@@H]3[C@@H]2CC[C@]2(C)[C@@H](C(=O)CBr)CC[C@@H]32)C1.C[C@]1(O)CC[C@H]2[C@@H](CC[C@@H]3[C@@H]2CC[C@]2(C)[C@@H](C(=O)CBr)CC[C@@H]32)C1.O=C([O-])C(F)(F)F.[Na+]. The van der Waals surface area contributed by atoms with Gasteiger partial charge in [-0.1, -0.05) is 66.5 Å². The van der Waals surface area contributed by atoms with Gasteiger partial charge in [0.2, 0.25) is 0 Å². The van der Waals surface area contributed by atoms with Crippen LogP contribution in [0.4, 0.5) is 13.2 Å². The average molecular weight is 1890 g/mol. The molecule has 12 nitrogen and oxygen atoms in total. The number of carbonyl (C=O) groups is 5. The maximum atomic E-state index is 12.5. The second-order valence-electron chi connectivity index (χ2n) is 50.7. The number of ketones is 4. The van der Waals surface area contributed by atoms with Crippen LogP contribution in [0.1, 0.15) is 379 Å². The molecule has 20 aliphatic carbocycles. The Kier molecular flexibility index (Phi) is 30.8.